The molecule has 1 spiro atoms. The average molecular weight is 490 g/mol. The maximum Gasteiger partial charge on any atom is 0.331 e. The van der Waals surface area contributed by atoms with E-state index in [1.165, 1.54) is 14.7 Å². The van der Waals surface area contributed by atoms with Gasteiger partial charge in [-0.2, -0.15) is 0 Å². The zero-order chi connectivity index (χ0) is 25.0. The molecule has 1 amide bonds. The van der Waals surface area contributed by atoms with Gasteiger partial charge in [0.1, 0.15) is 19.8 Å². The van der Waals surface area contributed by atoms with Gasteiger partial charge >= 0.3 is 5.69 Å². The summed E-state index contributed by atoms with van der Waals surface area (Å²) in [7, 11) is 0. The van der Waals surface area contributed by atoms with E-state index in [2.05, 4.69) is 6.07 Å². The van der Waals surface area contributed by atoms with Crippen LogP contribution in [0.4, 0.5) is 0 Å². The number of carbonyl (C=O) groups excluding carboxylic acids is 1. The number of hydrogen-bond acceptors (Lipinski definition) is 5. The van der Waals surface area contributed by atoms with Crippen LogP contribution in [0.3, 0.4) is 0 Å². The molecule has 1 saturated carbocycles. The number of rotatable bonds is 3. The maximum atomic E-state index is 13.9. The monoisotopic (exact) mass is 489 g/mol. The van der Waals surface area contributed by atoms with Crippen LogP contribution in [0.1, 0.15) is 56.7 Å². The summed E-state index contributed by atoms with van der Waals surface area (Å²) in [5, 5.41) is 0.444. The van der Waals surface area contributed by atoms with Gasteiger partial charge in [-0.25, -0.2) is 4.79 Å². The predicted octanol–water partition coefficient (Wildman–Crippen LogP) is 3.37. The van der Waals surface area contributed by atoms with E-state index in [1.54, 1.807) is 31.2 Å². The van der Waals surface area contributed by atoms with Gasteiger partial charge in [0.25, 0.3) is 5.56 Å². The van der Waals surface area contributed by atoms with Crippen molar-refractivity contribution in [2.75, 3.05) is 19.8 Å². The van der Waals surface area contributed by atoms with Gasteiger partial charge < -0.3 is 14.4 Å². The second kappa shape index (κ2) is 8.54. The van der Waals surface area contributed by atoms with Crippen LogP contribution < -0.4 is 20.7 Å². The summed E-state index contributed by atoms with van der Waals surface area (Å²) in [6, 6.07) is 11.0. The van der Waals surface area contributed by atoms with E-state index in [0.717, 1.165) is 42.7 Å². The second-order valence-electron chi connectivity index (χ2n) is 10.2. The van der Waals surface area contributed by atoms with E-state index < -0.39 is 5.69 Å². The molecule has 2 aromatic carbocycles. The second-order valence-corrected chi connectivity index (χ2v) is 10.2. The van der Waals surface area contributed by atoms with E-state index in [4.69, 9.17) is 9.47 Å². The van der Waals surface area contributed by atoms with Crippen LogP contribution in [0.15, 0.2) is 46.0 Å². The molecule has 0 radical (unpaired) electrons. The SMILES string of the molecule is CCn1c(=O)c2ccccc2n(CC(=O)N2CC3(CCCC3)c3cc4c(cc3C2C)OCCO4)c1=O. The first-order chi connectivity index (χ1) is 17.4. The summed E-state index contributed by atoms with van der Waals surface area (Å²) in [4.78, 5) is 41.9. The summed E-state index contributed by atoms with van der Waals surface area (Å²) in [5.41, 5.74) is 1.96. The largest absolute Gasteiger partial charge is 0.486 e. The molecule has 1 aromatic heterocycles. The highest BCUT2D eigenvalue weighted by molar-refractivity contribution is 5.82. The van der Waals surface area contributed by atoms with Gasteiger partial charge in [-0.3, -0.25) is 18.7 Å². The van der Waals surface area contributed by atoms with Crippen molar-refractivity contribution in [1.82, 2.24) is 14.0 Å². The average Bonchev–Trinajstić information content (AvgIpc) is 3.37. The molecule has 1 unspecified atom stereocenters. The zero-order valence-corrected chi connectivity index (χ0v) is 20.8. The van der Waals surface area contributed by atoms with E-state index >= 15 is 0 Å². The van der Waals surface area contributed by atoms with Crippen LogP contribution in [0, 0.1) is 0 Å². The number of aromatic nitrogens is 2. The molecular weight excluding hydrogens is 458 g/mol. The first-order valence-corrected chi connectivity index (χ1v) is 12.9. The zero-order valence-electron chi connectivity index (χ0n) is 20.8. The van der Waals surface area contributed by atoms with Crippen LogP contribution in [-0.2, 0) is 23.3 Å². The molecule has 0 bridgehead atoms. The van der Waals surface area contributed by atoms with E-state index in [0.29, 0.717) is 30.7 Å². The van der Waals surface area contributed by atoms with Crippen molar-refractivity contribution in [3.8, 4) is 11.5 Å². The number of amides is 1. The standard InChI is InChI=1S/C28H31N3O5/c1-3-29-26(33)19-8-4-5-9-22(19)30(27(29)34)16-25(32)31-17-28(10-6-7-11-28)21-15-24-23(35-12-13-36-24)14-20(21)18(31)2/h4-5,8-9,14-15,18H,3,6-7,10-13,16-17H2,1-2H3. The highest BCUT2D eigenvalue weighted by Crippen LogP contribution is 2.51. The van der Waals surface area contributed by atoms with Crippen molar-refractivity contribution in [2.24, 2.45) is 0 Å². The minimum absolute atomic E-state index is 0.111. The summed E-state index contributed by atoms with van der Waals surface area (Å²) in [5.74, 6) is 1.40. The van der Waals surface area contributed by atoms with Crippen LogP contribution >= 0.6 is 0 Å². The molecule has 3 aliphatic rings. The Morgan fingerprint density at radius 1 is 1.03 bits per heavy atom. The summed E-state index contributed by atoms with van der Waals surface area (Å²) in [6.45, 7) is 5.62. The molecule has 36 heavy (non-hydrogen) atoms. The van der Waals surface area contributed by atoms with Crippen molar-refractivity contribution in [3.63, 3.8) is 0 Å². The molecule has 1 aliphatic carbocycles. The summed E-state index contributed by atoms with van der Waals surface area (Å²) >= 11 is 0. The Balaban J connectivity index is 1.43. The minimum Gasteiger partial charge on any atom is -0.486 e. The van der Waals surface area contributed by atoms with Crippen LogP contribution in [-0.4, -0.2) is 39.7 Å². The third-order valence-corrected chi connectivity index (χ3v) is 8.30. The molecule has 1 atom stereocenters. The van der Waals surface area contributed by atoms with Crippen LogP contribution in [0.5, 0.6) is 11.5 Å². The van der Waals surface area contributed by atoms with Gasteiger partial charge in [-0.15, -0.1) is 0 Å². The fourth-order valence-corrected chi connectivity index (χ4v) is 6.44. The van der Waals surface area contributed by atoms with Gasteiger partial charge in [0, 0.05) is 18.5 Å². The molecule has 3 heterocycles. The number of fused-ring (bicyclic) bond motifs is 4. The van der Waals surface area contributed by atoms with Gasteiger partial charge in [-0.05, 0) is 62.1 Å². The van der Waals surface area contributed by atoms with Crippen molar-refractivity contribution in [1.29, 1.82) is 0 Å². The Kier molecular flexibility index (Phi) is 5.43. The molecule has 0 N–H and O–H groups in total. The molecule has 1 fully saturated rings. The normalized spacial score (nSPS) is 20.1. The molecule has 8 nitrogen and oxygen atoms in total. The summed E-state index contributed by atoms with van der Waals surface area (Å²) in [6.07, 6.45) is 4.27. The van der Waals surface area contributed by atoms with Gasteiger partial charge in [-0.1, -0.05) is 25.0 Å². The van der Waals surface area contributed by atoms with Gasteiger partial charge in [0.15, 0.2) is 11.5 Å². The first-order valence-electron chi connectivity index (χ1n) is 12.9. The van der Waals surface area contributed by atoms with Crippen molar-refractivity contribution >= 4 is 16.8 Å². The Labute approximate surface area is 209 Å². The number of para-hydroxylation sites is 1. The number of hydrogen-bond donors (Lipinski definition) is 0. The molecule has 0 saturated heterocycles. The van der Waals surface area contributed by atoms with E-state index in [-0.39, 0.29) is 36.0 Å². The van der Waals surface area contributed by atoms with Crippen LogP contribution in [0.2, 0.25) is 0 Å². The predicted molar refractivity (Wildman–Crippen MR) is 136 cm³/mol. The fourth-order valence-electron chi connectivity index (χ4n) is 6.44. The fraction of sp³-hybridized carbons (Fsp3) is 0.464. The lowest BCUT2D eigenvalue weighted by molar-refractivity contribution is -0.135. The molecule has 6 rings (SSSR count). The number of nitrogens with zero attached hydrogens (tertiary/aromatic N) is 3. The van der Waals surface area contributed by atoms with Gasteiger partial charge in [0.05, 0.1) is 16.9 Å². The smallest absolute Gasteiger partial charge is 0.331 e. The Bertz CT molecular complexity index is 1480. The lowest BCUT2D eigenvalue weighted by Crippen LogP contribution is -2.50. The topological polar surface area (TPSA) is 82.8 Å². The molecule has 8 heteroatoms. The molecule has 188 valence electrons. The Morgan fingerprint density at radius 3 is 2.44 bits per heavy atom. The Morgan fingerprint density at radius 2 is 1.72 bits per heavy atom. The lowest BCUT2D eigenvalue weighted by atomic mass is 9.71. The van der Waals surface area contributed by atoms with Crippen LogP contribution in [0.25, 0.3) is 10.9 Å². The number of carbonyl (C=O) groups is 1. The Hall–Kier alpha value is -3.55. The number of ether oxygens (including phenoxy) is 2. The van der Waals surface area contributed by atoms with Gasteiger partial charge in [0.2, 0.25) is 5.91 Å². The van der Waals surface area contributed by atoms with E-state index in [1.807, 2.05) is 17.9 Å². The molecule has 3 aromatic rings. The molecule has 2 aliphatic heterocycles. The first kappa shape index (κ1) is 22.9. The number of benzene rings is 2. The van der Waals surface area contributed by atoms with Crippen molar-refractivity contribution < 1.29 is 14.3 Å². The summed E-state index contributed by atoms with van der Waals surface area (Å²) < 4.78 is 14.4. The third kappa shape index (κ3) is 3.38. The van der Waals surface area contributed by atoms with Crippen molar-refractivity contribution in [3.05, 3.63) is 68.4 Å². The highest BCUT2D eigenvalue weighted by Gasteiger charge is 2.46. The third-order valence-electron chi connectivity index (χ3n) is 8.30. The van der Waals surface area contributed by atoms with E-state index in [9.17, 15) is 14.4 Å². The highest BCUT2D eigenvalue weighted by atomic mass is 16.6. The van der Waals surface area contributed by atoms with Crippen molar-refractivity contribution in [2.45, 2.75) is 64.1 Å². The maximum absolute atomic E-state index is 13.9. The lowest BCUT2D eigenvalue weighted by Gasteiger charge is -2.46. The minimum atomic E-state index is -0.449. The molecular formula is C28H31N3O5. The quantitative estimate of drug-likeness (QED) is 0.564.